The Morgan fingerprint density at radius 2 is 0.768 bits per heavy atom. The summed E-state index contributed by atoms with van der Waals surface area (Å²) in [6.07, 6.45) is 6.19. The number of anilines is 2. The van der Waals surface area contributed by atoms with Crippen molar-refractivity contribution in [3.63, 3.8) is 0 Å². The van der Waals surface area contributed by atoms with Gasteiger partial charge >= 0.3 is 0 Å². The minimum atomic E-state index is -0.661. The molecule has 2 heterocycles. The lowest BCUT2D eigenvalue weighted by molar-refractivity contribution is 0.0910. The zero-order valence-electron chi connectivity index (χ0n) is 29.4. The number of hydrogen-bond donors (Lipinski definition) is 0. The number of carbonyl (C=O) groups excluding carboxylic acids is 7. The molecule has 0 N–H and O–H groups in total. The Labute approximate surface area is 320 Å². The van der Waals surface area contributed by atoms with E-state index in [2.05, 4.69) is 0 Å². The van der Waals surface area contributed by atoms with Gasteiger partial charge in [-0.2, -0.15) is 0 Å². The third-order valence-corrected chi connectivity index (χ3v) is 9.53. The van der Waals surface area contributed by atoms with Gasteiger partial charge < -0.3 is 0 Å². The second kappa shape index (κ2) is 14.5. The van der Waals surface area contributed by atoms with Gasteiger partial charge in [-0.1, -0.05) is 109 Å². The molecule has 2 aliphatic rings. The topological polar surface area (TPSA) is 126 Å². The van der Waals surface area contributed by atoms with Crippen LogP contribution in [0.1, 0.15) is 89.2 Å². The van der Waals surface area contributed by atoms with Crippen LogP contribution in [0, 0.1) is 0 Å². The van der Waals surface area contributed by atoms with Crippen LogP contribution in [0.4, 0.5) is 11.4 Å². The number of ketones is 3. The van der Waals surface area contributed by atoms with E-state index in [1.54, 1.807) is 48.6 Å². The first kappa shape index (κ1) is 35.1. The van der Waals surface area contributed by atoms with Crippen molar-refractivity contribution in [1.82, 2.24) is 0 Å². The van der Waals surface area contributed by atoms with E-state index < -0.39 is 29.4 Å². The first-order valence-corrected chi connectivity index (χ1v) is 17.5. The maximum Gasteiger partial charge on any atom is 0.266 e. The van der Waals surface area contributed by atoms with Gasteiger partial charge in [-0.05, 0) is 71.8 Å². The van der Waals surface area contributed by atoms with E-state index in [9.17, 15) is 33.6 Å². The average molecular weight is 733 g/mol. The lowest BCUT2D eigenvalue weighted by Crippen LogP contribution is -2.29. The average Bonchev–Trinajstić information content (AvgIpc) is 3.65. The lowest BCUT2D eigenvalue weighted by atomic mass is 9.96. The second-order valence-electron chi connectivity index (χ2n) is 13.1. The smallest absolute Gasteiger partial charge is 0.266 e. The van der Waals surface area contributed by atoms with Crippen LogP contribution in [0.2, 0.25) is 0 Å². The summed E-state index contributed by atoms with van der Waals surface area (Å²) in [7, 11) is 0. The minimum absolute atomic E-state index is 0.00758. The van der Waals surface area contributed by atoms with Gasteiger partial charge in [0.05, 0.1) is 33.6 Å². The summed E-state index contributed by atoms with van der Waals surface area (Å²) in [6, 6.07) is 39.3. The number of imide groups is 2. The van der Waals surface area contributed by atoms with E-state index in [0.29, 0.717) is 0 Å². The molecule has 0 spiro atoms. The maximum absolute atomic E-state index is 13.8. The molecule has 0 atom stereocenters. The molecule has 9 nitrogen and oxygen atoms in total. The highest BCUT2D eigenvalue weighted by Gasteiger charge is 2.39. The number of carbonyl (C=O) groups is 7. The molecule has 4 amide bonds. The molecule has 56 heavy (non-hydrogen) atoms. The molecule has 0 radical (unpaired) electrons. The molecular weight excluding hydrogens is 705 g/mol. The van der Waals surface area contributed by atoms with Gasteiger partial charge in [0.2, 0.25) is 0 Å². The first-order chi connectivity index (χ1) is 27.2. The second-order valence-corrected chi connectivity index (χ2v) is 13.1. The lowest BCUT2D eigenvalue weighted by Gasteiger charge is -2.14. The van der Waals surface area contributed by atoms with Crippen LogP contribution in [-0.4, -0.2) is 41.0 Å². The fourth-order valence-corrected chi connectivity index (χ4v) is 6.66. The molecule has 6 aromatic carbocycles. The van der Waals surface area contributed by atoms with E-state index >= 15 is 0 Å². The van der Waals surface area contributed by atoms with Crippen LogP contribution >= 0.6 is 0 Å². The molecule has 0 aromatic heterocycles. The van der Waals surface area contributed by atoms with Crippen LogP contribution in [0.25, 0.3) is 12.2 Å². The maximum atomic E-state index is 13.8. The Bertz CT molecular complexity index is 2540. The van der Waals surface area contributed by atoms with Crippen molar-refractivity contribution in [2.24, 2.45) is 0 Å². The third kappa shape index (κ3) is 6.50. The normalized spacial score (nSPS) is 13.5. The molecule has 268 valence electrons. The number of nitrogens with zero attached hydrogens (tertiary/aromatic N) is 2. The van der Waals surface area contributed by atoms with Crippen molar-refractivity contribution in [3.8, 4) is 0 Å². The van der Waals surface area contributed by atoms with Crippen molar-refractivity contribution in [2.45, 2.75) is 0 Å². The molecule has 0 unspecified atom stereocenters. The molecule has 8 rings (SSSR count). The van der Waals surface area contributed by atoms with Gasteiger partial charge in [-0.25, -0.2) is 9.80 Å². The quantitative estimate of drug-likeness (QED) is 0.0788. The molecule has 0 saturated carbocycles. The van der Waals surface area contributed by atoms with Crippen molar-refractivity contribution < 1.29 is 33.6 Å². The van der Waals surface area contributed by atoms with Gasteiger partial charge in [-0.3, -0.25) is 33.6 Å². The zero-order valence-corrected chi connectivity index (χ0v) is 29.4. The monoisotopic (exact) mass is 732 g/mol. The Balaban J connectivity index is 1.00. The standard InChI is InChI=1S/C47H28N2O7/c50-41(23-17-29-9-3-1-4-10-29)31-13-7-15-35(25-31)48-44(53)37-21-19-33(27-39(37)46(48)55)43(52)34-20-22-38-40(28-34)47(56)49(45(38)54)36-16-8-14-32(26-36)42(51)24-18-30-11-5-2-6-12-30/h1-28H/b23-17+,24-18+. The molecule has 0 saturated heterocycles. The van der Waals surface area contributed by atoms with Crippen molar-refractivity contribution in [3.05, 3.63) is 213 Å². The van der Waals surface area contributed by atoms with E-state index in [4.69, 9.17) is 0 Å². The highest BCUT2D eigenvalue weighted by molar-refractivity contribution is 6.36. The summed E-state index contributed by atoms with van der Waals surface area (Å²) in [6.45, 7) is 0. The van der Waals surface area contributed by atoms with Gasteiger partial charge in [0, 0.05) is 22.3 Å². The molecular formula is C47H28N2O7. The number of fused-ring (bicyclic) bond motifs is 2. The number of rotatable bonds is 10. The Morgan fingerprint density at radius 3 is 1.18 bits per heavy atom. The summed E-state index contributed by atoms with van der Waals surface area (Å²) in [4.78, 5) is 95.9. The summed E-state index contributed by atoms with van der Waals surface area (Å²) >= 11 is 0. The Kier molecular flexibility index (Phi) is 9.09. The van der Waals surface area contributed by atoms with E-state index in [1.807, 2.05) is 60.7 Å². The molecule has 2 aliphatic heterocycles. The highest BCUT2D eigenvalue weighted by atomic mass is 16.2. The zero-order chi connectivity index (χ0) is 38.9. The van der Waals surface area contributed by atoms with Gasteiger partial charge in [0.1, 0.15) is 0 Å². The van der Waals surface area contributed by atoms with Crippen molar-refractivity contribution >= 4 is 64.5 Å². The van der Waals surface area contributed by atoms with Crippen LogP contribution in [0.3, 0.4) is 0 Å². The molecule has 0 fully saturated rings. The minimum Gasteiger partial charge on any atom is -0.289 e. The molecule has 0 bridgehead atoms. The molecule has 0 aliphatic carbocycles. The summed E-state index contributed by atoms with van der Waals surface area (Å²) in [5, 5.41) is 0. The highest BCUT2D eigenvalue weighted by Crippen LogP contribution is 2.33. The van der Waals surface area contributed by atoms with Crippen molar-refractivity contribution in [1.29, 1.82) is 0 Å². The Hall–Kier alpha value is -7.91. The first-order valence-electron chi connectivity index (χ1n) is 17.5. The summed E-state index contributed by atoms with van der Waals surface area (Å²) in [5.74, 6) is -3.69. The van der Waals surface area contributed by atoms with Crippen LogP contribution in [-0.2, 0) is 0 Å². The number of allylic oxidation sites excluding steroid dienone is 2. The fraction of sp³-hybridized carbons (Fsp3) is 0. The van der Waals surface area contributed by atoms with Gasteiger partial charge in [-0.15, -0.1) is 0 Å². The summed E-state index contributed by atoms with van der Waals surface area (Å²) in [5.41, 5.74) is 3.02. The predicted octanol–water partition coefficient (Wildman–Crippen LogP) is 8.31. The van der Waals surface area contributed by atoms with Crippen LogP contribution in [0.15, 0.2) is 158 Å². The summed E-state index contributed by atoms with van der Waals surface area (Å²) < 4.78 is 0. The van der Waals surface area contributed by atoms with E-state index in [0.717, 1.165) is 20.9 Å². The van der Waals surface area contributed by atoms with Crippen molar-refractivity contribution in [2.75, 3.05) is 9.80 Å². The van der Waals surface area contributed by atoms with Gasteiger partial charge in [0.15, 0.2) is 17.3 Å². The Morgan fingerprint density at radius 1 is 0.375 bits per heavy atom. The molecule has 9 heteroatoms. The van der Waals surface area contributed by atoms with E-state index in [-0.39, 0.29) is 67.4 Å². The largest absolute Gasteiger partial charge is 0.289 e. The van der Waals surface area contributed by atoms with Crippen LogP contribution < -0.4 is 9.80 Å². The number of benzene rings is 6. The number of hydrogen-bond acceptors (Lipinski definition) is 7. The van der Waals surface area contributed by atoms with Crippen LogP contribution in [0.5, 0.6) is 0 Å². The number of amides is 4. The van der Waals surface area contributed by atoms with Gasteiger partial charge in [0.25, 0.3) is 23.6 Å². The fourth-order valence-electron chi connectivity index (χ4n) is 6.66. The van der Waals surface area contributed by atoms with E-state index in [1.165, 1.54) is 60.7 Å². The third-order valence-electron chi connectivity index (χ3n) is 9.53. The SMILES string of the molecule is O=C(/C=C/c1ccccc1)c1cccc(N2C(=O)c3ccc(C(=O)c4ccc5c(c4)C(=O)N(c4cccc(C(=O)/C=C/c6ccccc6)c4)C5=O)cc3C2=O)c1. The molecule has 6 aromatic rings. The predicted molar refractivity (Wildman–Crippen MR) is 211 cm³/mol.